The molecule has 0 aromatic carbocycles. The Morgan fingerprint density at radius 3 is 2.42 bits per heavy atom. The average molecular weight is 561 g/mol. The van der Waals surface area contributed by atoms with Crippen molar-refractivity contribution in [3.05, 3.63) is 0 Å². The molecule has 0 aromatic rings. The summed E-state index contributed by atoms with van der Waals surface area (Å²) in [4.78, 5) is 14.7. The van der Waals surface area contributed by atoms with Gasteiger partial charge in [0, 0.05) is 18.5 Å². The molecule has 6 nitrogen and oxygen atoms in total. The predicted octanol–water partition coefficient (Wildman–Crippen LogP) is 5.19. The van der Waals surface area contributed by atoms with E-state index in [2.05, 4.69) is 43.4 Å². The van der Waals surface area contributed by atoms with Gasteiger partial charge in [-0.1, -0.05) is 20.8 Å². The summed E-state index contributed by atoms with van der Waals surface area (Å²) in [7, 11) is 2.20. The summed E-state index contributed by atoms with van der Waals surface area (Å²) in [5.41, 5.74) is 6.35. The molecule has 0 heterocycles. The van der Waals surface area contributed by atoms with Gasteiger partial charge in [-0.3, -0.25) is 4.79 Å². The number of amides is 1. The Bertz CT molecular complexity index is 822. The lowest BCUT2D eigenvalue weighted by atomic mass is 9.43. The van der Waals surface area contributed by atoms with Crippen LogP contribution in [0.2, 0.25) is 0 Å². The fourth-order valence-corrected chi connectivity index (χ4v) is 10.5. The van der Waals surface area contributed by atoms with Gasteiger partial charge in [0.25, 0.3) is 0 Å². The molecule has 4 fully saturated rings. The van der Waals surface area contributed by atoms with E-state index in [1.165, 1.54) is 51.4 Å². The smallest absolute Gasteiger partial charge is 0.220 e. The van der Waals surface area contributed by atoms with Crippen LogP contribution in [0.4, 0.5) is 0 Å². The summed E-state index contributed by atoms with van der Waals surface area (Å²) >= 11 is 0. The van der Waals surface area contributed by atoms with Gasteiger partial charge in [0.15, 0.2) is 0 Å². The van der Waals surface area contributed by atoms with Gasteiger partial charge in [-0.2, -0.15) is 0 Å². The van der Waals surface area contributed by atoms with Crippen molar-refractivity contribution in [2.45, 2.75) is 130 Å². The lowest BCUT2D eigenvalue weighted by molar-refractivity contribution is -0.167. The van der Waals surface area contributed by atoms with Crippen LogP contribution in [0.1, 0.15) is 112 Å². The Balaban J connectivity index is 1.32. The summed E-state index contributed by atoms with van der Waals surface area (Å²) in [6.45, 7) is 15.7. The molecule has 4 aliphatic carbocycles. The molecular formula is C34H64N4O2. The fourth-order valence-electron chi connectivity index (χ4n) is 10.5. The van der Waals surface area contributed by atoms with Crippen LogP contribution < -0.4 is 16.4 Å². The number of nitrogens with zero attached hydrogens (tertiary/aromatic N) is 1. The molecule has 4 aliphatic rings. The van der Waals surface area contributed by atoms with Gasteiger partial charge in [0.05, 0.1) is 6.10 Å². The molecule has 6 heteroatoms. The van der Waals surface area contributed by atoms with Crippen LogP contribution in [0, 0.1) is 46.3 Å². The van der Waals surface area contributed by atoms with E-state index in [1.54, 1.807) is 0 Å². The molecule has 0 aliphatic heterocycles. The minimum Gasteiger partial charge on any atom is -0.393 e. The lowest BCUT2D eigenvalue weighted by Gasteiger charge is -2.62. The Kier molecular flexibility index (Phi) is 11.1. The van der Waals surface area contributed by atoms with Crippen molar-refractivity contribution in [1.82, 2.24) is 15.5 Å². The van der Waals surface area contributed by atoms with Crippen molar-refractivity contribution < 1.29 is 9.90 Å². The van der Waals surface area contributed by atoms with Crippen LogP contribution >= 0.6 is 0 Å². The van der Waals surface area contributed by atoms with Crippen molar-refractivity contribution in [3.63, 3.8) is 0 Å². The summed E-state index contributed by atoms with van der Waals surface area (Å²) in [5.74, 6) is 3.86. The molecule has 4 saturated carbocycles. The average Bonchev–Trinajstić information content (AvgIpc) is 3.26. The summed E-state index contributed by atoms with van der Waals surface area (Å²) < 4.78 is 0. The molecule has 0 aromatic heterocycles. The van der Waals surface area contributed by atoms with Gasteiger partial charge < -0.3 is 26.4 Å². The van der Waals surface area contributed by atoms with Crippen molar-refractivity contribution in [2.24, 2.45) is 52.1 Å². The normalized spacial score (nSPS) is 40.0. The zero-order valence-corrected chi connectivity index (χ0v) is 26.9. The second kappa shape index (κ2) is 13.7. The van der Waals surface area contributed by atoms with Gasteiger partial charge in [0.1, 0.15) is 0 Å². The van der Waals surface area contributed by atoms with Gasteiger partial charge in [-0.05, 0) is 164 Å². The molecule has 40 heavy (non-hydrogen) atoms. The third kappa shape index (κ3) is 6.92. The number of nitrogens with two attached hydrogens (primary N) is 1. The Labute approximate surface area is 246 Å². The minimum atomic E-state index is -0.145. The molecule has 232 valence electrons. The van der Waals surface area contributed by atoms with E-state index in [1.807, 2.05) is 13.8 Å². The van der Waals surface area contributed by atoms with Crippen molar-refractivity contribution >= 4 is 5.91 Å². The third-order valence-corrected chi connectivity index (χ3v) is 12.6. The zero-order valence-electron chi connectivity index (χ0n) is 26.9. The minimum absolute atomic E-state index is 0.145. The van der Waals surface area contributed by atoms with E-state index in [0.29, 0.717) is 58.8 Å². The largest absolute Gasteiger partial charge is 0.393 e. The number of hydrogen-bond donors (Lipinski definition) is 4. The fraction of sp³-hybridized carbons (Fsp3) is 0.971. The predicted molar refractivity (Wildman–Crippen MR) is 166 cm³/mol. The quantitative estimate of drug-likeness (QED) is 0.233. The Hall–Kier alpha value is -0.690. The van der Waals surface area contributed by atoms with E-state index >= 15 is 0 Å². The Morgan fingerprint density at radius 1 is 1.00 bits per heavy atom. The molecule has 1 amide bonds. The standard InChI is InChI=1S/C34H64N4O2/c1-23(2)37-31(40)12-9-24(3)27-10-11-28-32-29(14-16-34(27,28)5)33(4)15-13-26(21-25(33)22-30(32)39)36-18-8-20-38(6)19-7-17-35/h23-30,32,36,39H,7-22,35H2,1-6H3,(H,37,40)/t24-,25?,26+,27-,28?,29?,30+,32?,33+,34-/m1/s1. The second-order valence-electron chi connectivity index (χ2n) is 15.5. The number of hydrogen-bond acceptors (Lipinski definition) is 5. The first kappa shape index (κ1) is 32.2. The lowest BCUT2D eigenvalue weighted by Crippen LogP contribution is -2.59. The molecule has 5 N–H and O–H groups in total. The maximum Gasteiger partial charge on any atom is 0.220 e. The first-order valence-corrected chi connectivity index (χ1v) is 17.1. The maximum absolute atomic E-state index is 12.3. The van der Waals surface area contributed by atoms with Crippen LogP contribution in [0.3, 0.4) is 0 Å². The van der Waals surface area contributed by atoms with E-state index < -0.39 is 0 Å². The van der Waals surface area contributed by atoms with Gasteiger partial charge in [-0.15, -0.1) is 0 Å². The number of carbonyl (C=O) groups is 1. The van der Waals surface area contributed by atoms with Gasteiger partial charge >= 0.3 is 0 Å². The highest BCUT2D eigenvalue weighted by Crippen LogP contribution is 2.68. The summed E-state index contributed by atoms with van der Waals surface area (Å²) in [6, 6.07) is 0.823. The molecule has 0 spiro atoms. The molecule has 4 unspecified atom stereocenters. The van der Waals surface area contributed by atoms with Gasteiger partial charge in [-0.25, -0.2) is 0 Å². The van der Waals surface area contributed by atoms with Crippen LogP contribution in [0.5, 0.6) is 0 Å². The number of rotatable bonds is 13. The highest BCUT2D eigenvalue weighted by Gasteiger charge is 2.62. The topological polar surface area (TPSA) is 90.6 Å². The molecule has 10 atom stereocenters. The summed E-state index contributed by atoms with van der Waals surface area (Å²) in [5, 5.41) is 18.7. The van der Waals surface area contributed by atoms with Crippen LogP contribution in [-0.4, -0.2) is 67.3 Å². The van der Waals surface area contributed by atoms with Crippen molar-refractivity contribution in [3.8, 4) is 0 Å². The molecule has 0 saturated heterocycles. The van der Waals surface area contributed by atoms with E-state index in [4.69, 9.17) is 5.73 Å². The first-order chi connectivity index (χ1) is 19.0. The number of carbonyl (C=O) groups excluding carboxylic acids is 1. The first-order valence-electron chi connectivity index (χ1n) is 17.1. The van der Waals surface area contributed by atoms with E-state index in [9.17, 15) is 9.90 Å². The van der Waals surface area contributed by atoms with Crippen molar-refractivity contribution in [2.75, 3.05) is 33.2 Å². The van der Waals surface area contributed by atoms with Gasteiger partial charge in [0.2, 0.25) is 5.91 Å². The maximum atomic E-state index is 12.3. The number of aliphatic hydroxyl groups excluding tert-OH is 1. The Morgan fingerprint density at radius 2 is 1.70 bits per heavy atom. The third-order valence-electron chi connectivity index (χ3n) is 12.6. The van der Waals surface area contributed by atoms with Crippen LogP contribution in [0.15, 0.2) is 0 Å². The molecule has 4 rings (SSSR count). The number of nitrogens with one attached hydrogen (secondary N) is 2. The molecular weight excluding hydrogens is 496 g/mol. The SMILES string of the molecule is CC(C)NC(=O)CC[C@@H](C)[C@H]1CCC2C3C(CC[C@@]21C)[C@@]1(C)CC[C@H](NCCCN(C)CCCN)CC1C[C@@H]3O. The van der Waals surface area contributed by atoms with E-state index in [-0.39, 0.29) is 18.1 Å². The second-order valence-corrected chi connectivity index (χ2v) is 15.5. The van der Waals surface area contributed by atoms with Crippen molar-refractivity contribution in [1.29, 1.82) is 0 Å². The highest BCUT2D eigenvalue weighted by atomic mass is 16.3. The zero-order chi connectivity index (χ0) is 29.1. The monoisotopic (exact) mass is 561 g/mol. The van der Waals surface area contributed by atoms with E-state index in [0.717, 1.165) is 45.4 Å². The molecule has 0 bridgehead atoms. The van der Waals surface area contributed by atoms with Crippen LogP contribution in [-0.2, 0) is 4.79 Å². The summed E-state index contributed by atoms with van der Waals surface area (Å²) in [6.07, 6.45) is 13.7. The number of aliphatic hydroxyl groups is 1. The highest BCUT2D eigenvalue weighted by molar-refractivity contribution is 5.76. The molecule has 0 radical (unpaired) electrons. The van der Waals surface area contributed by atoms with Crippen LogP contribution in [0.25, 0.3) is 0 Å². The number of fused-ring (bicyclic) bond motifs is 5.